The number of carbonyl (C=O) groups is 1. The highest BCUT2D eigenvalue weighted by Gasteiger charge is 2.17. The standard InChI is InChI=1S/C14H10FNO2S/c1-18-14(17)12-8-13-11(6-7-19-13)16(12)10-4-2-9(15)3-5-10/h2-8H,1H3. The highest BCUT2D eigenvalue weighted by Crippen LogP contribution is 2.29. The van der Waals surface area contributed by atoms with Crippen LogP contribution in [0.4, 0.5) is 4.39 Å². The van der Waals surface area contributed by atoms with E-state index in [9.17, 15) is 9.18 Å². The number of thiophene rings is 1. The molecule has 0 atom stereocenters. The van der Waals surface area contributed by atoms with Gasteiger partial charge in [0.15, 0.2) is 0 Å². The fourth-order valence-corrected chi connectivity index (χ4v) is 2.85. The summed E-state index contributed by atoms with van der Waals surface area (Å²) < 4.78 is 20.6. The molecule has 0 unspecified atom stereocenters. The van der Waals surface area contributed by atoms with Gasteiger partial charge in [-0.15, -0.1) is 11.3 Å². The number of rotatable bonds is 2. The van der Waals surface area contributed by atoms with E-state index < -0.39 is 5.97 Å². The Morgan fingerprint density at radius 3 is 2.68 bits per heavy atom. The molecule has 3 nitrogen and oxygen atoms in total. The summed E-state index contributed by atoms with van der Waals surface area (Å²) >= 11 is 1.55. The number of hydrogen-bond acceptors (Lipinski definition) is 3. The molecule has 5 heteroatoms. The first-order valence-electron chi connectivity index (χ1n) is 5.64. The molecular formula is C14H10FNO2S. The number of ether oxygens (including phenoxy) is 1. The molecule has 0 saturated heterocycles. The SMILES string of the molecule is COC(=O)c1cc2sccc2n1-c1ccc(F)cc1. The quantitative estimate of drug-likeness (QED) is 0.669. The summed E-state index contributed by atoms with van der Waals surface area (Å²) in [6.45, 7) is 0. The van der Waals surface area contributed by atoms with Gasteiger partial charge in [-0.1, -0.05) is 0 Å². The molecule has 0 fully saturated rings. The molecule has 1 aromatic carbocycles. The molecule has 0 radical (unpaired) electrons. The van der Waals surface area contributed by atoms with Crippen LogP contribution in [0.15, 0.2) is 41.8 Å². The lowest BCUT2D eigenvalue weighted by Gasteiger charge is -2.08. The summed E-state index contributed by atoms with van der Waals surface area (Å²) in [5, 5.41) is 1.95. The number of benzene rings is 1. The van der Waals surface area contributed by atoms with Gasteiger partial charge in [0.1, 0.15) is 11.5 Å². The zero-order valence-electron chi connectivity index (χ0n) is 10.1. The number of hydrogen-bond donors (Lipinski definition) is 0. The summed E-state index contributed by atoms with van der Waals surface area (Å²) in [6.07, 6.45) is 0. The number of aromatic nitrogens is 1. The molecule has 2 aromatic heterocycles. The van der Waals surface area contributed by atoms with E-state index in [1.54, 1.807) is 34.1 Å². The first-order valence-corrected chi connectivity index (χ1v) is 6.52. The number of carbonyl (C=O) groups excluding carboxylic acids is 1. The van der Waals surface area contributed by atoms with Crippen molar-refractivity contribution in [3.05, 3.63) is 53.3 Å². The van der Waals surface area contributed by atoms with E-state index in [-0.39, 0.29) is 5.82 Å². The zero-order valence-corrected chi connectivity index (χ0v) is 10.9. The molecule has 96 valence electrons. The first-order chi connectivity index (χ1) is 9.20. The maximum atomic E-state index is 13.0. The van der Waals surface area contributed by atoms with Crippen LogP contribution in [0.2, 0.25) is 0 Å². The van der Waals surface area contributed by atoms with E-state index in [2.05, 4.69) is 0 Å². The van der Waals surface area contributed by atoms with Crippen LogP contribution in [0.5, 0.6) is 0 Å². The zero-order chi connectivity index (χ0) is 13.4. The van der Waals surface area contributed by atoms with E-state index >= 15 is 0 Å². The van der Waals surface area contributed by atoms with Crippen LogP contribution in [0.25, 0.3) is 15.9 Å². The molecule has 0 N–H and O–H groups in total. The monoisotopic (exact) mass is 275 g/mol. The molecule has 0 bridgehead atoms. The third-order valence-corrected chi connectivity index (χ3v) is 3.76. The average Bonchev–Trinajstić information content (AvgIpc) is 2.99. The van der Waals surface area contributed by atoms with Gasteiger partial charge in [-0.05, 0) is 41.8 Å². The van der Waals surface area contributed by atoms with E-state index in [1.165, 1.54) is 19.2 Å². The van der Waals surface area contributed by atoms with Gasteiger partial charge < -0.3 is 9.30 Å². The fraction of sp³-hybridized carbons (Fsp3) is 0.0714. The van der Waals surface area contributed by atoms with E-state index in [0.717, 1.165) is 15.9 Å². The Morgan fingerprint density at radius 2 is 2.00 bits per heavy atom. The Bertz CT molecular complexity index is 742. The lowest BCUT2D eigenvalue weighted by Crippen LogP contribution is -2.08. The van der Waals surface area contributed by atoms with Crippen molar-refractivity contribution in [3.8, 4) is 5.69 Å². The minimum absolute atomic E-state index is 0.308. The summed E-state index contributed by atoms with van der Waals surface area (Å²) in [7, 11) is 1.35. The third-order valence-electron chi connectivity index (χ3n) is 2.90. The van der Waals surface area contributed by atoms with Crippen molar-refractivity contribution in [1.29, 1.82) is 0 Å². The molecule has 19 heavy (non-hydrogen) atoms. The normalized spacial score (nSPS) is 10.8. The Balaban J connectivity index is 2.27. The van der Waals surface area contributed by atoms with Crippen molar-refractivity contribution in [2.75, 3.05) is 7.11 Å². The van der Waals surface area contributed by atoms with Crippen molar-refractivity contribution in [2.45, 2.75) is 0 Å². The van der Waals surface area contributed by atoms with Gasteiger partial charge in [0.05, 0.1) is 17.3 Å². The van der Waals surface area contributed by atoms with Crippen LogP contribution in [0, 0.1) is 5.82 Å². The van der Waals surface area contributed by atoms with Crippen LogP contribution in [0.3, 0.4) is 0 Å². The lowest BCUT2D eigenvalue weighted by atomic mass is 10.3. The highest BCUT2D eigenvalue weighted by molar-refractivity contribution is 7.17. The Hall–Kier alpha value is -2.14. The van der Waals surface area contributed by atoms with Gasteiger partial charge in [-0.2, -0.15) is 0 Å². The van der Waals surface area contributed by atoms with Crippen LogP contribution in [-0.2, 0) is 4.74 Å². The largest absolute Gasteiger partial charge is 0.464 e. The second-order valence-corrected chi connectivity index (χ2v) is 4.95. The Kier molecular flexibility index (Phi) is 2.83. The van der Waals surface area contributed by atoms with Gasteiger partial charge in [-0.25, -0.2) is 9.18 Å². The minimum Gasteiger partial charge on any atom is -0.464 e. The lowest BCUT2D eigenvalue weighted by molar-refractivity contribution is 0.0592. The van der Waals surface area contributed by atoms with Crippen molar-refractivity contribution < 1.29 is 13.9 Å². The second-order valence-electron chi connectivity index (χ2n) is 4.00. The Morgan fingerprint density at radius 1 is 1.26 bits per heavy atom. The van der Waals surface area contributed by atoms with Gasteiger partial charge >= 0.3 is 5.97 Å². The van der Waals surface area contributed by atoms with Gasteiger partial charge in [0.25, 0.3) is 0 Å². The molecular weight excluding hydrogens is 265 g/mol. The average molecular weight is 275 g/mol. The van der Waals surface area contributed by atoms with Gasteiger partial charge in [-0.3, -0.25) is 0 Å². The van der Waals surface area contributed by atoms with Crippen LogP contribution in [0.1, 0.15) is 10.5 Å². The van der Waals surface area contributed by atoms with Crippen molar-refractivity contribution in [1.82, 2.24) is 4.57 Å². The number of esters is 1. The number of methoxy groups -OCH3 is 1. The fourth-order valence-electron chi connectivity index (χ4n) is 2.05. The van der Waals surface area contributed by atoms with Crippen molar-refractivity contribution >= 4 is 27.5 Å². The van der Waals surface area contributed by atoms with Crippen LogP contribution in [-0.4, -0.2) is 17.6 Å². The molecule has 0 amide bonds. The Labute approximate surface area is 112 Å². The third kappa shape index (κ3) is 1.92. The highest BCUT2D eigenvalue weighted by atomic mass is 32.1. The number of halogens is 1. The molecule has 2 heterocycles. The first kappa shape index (κ1) is 11.9. The minimum atomic E-state index is -0.410. The molecule has 0 aliphatic heterocycles. The van der Waals surface area contributed by atoms with Gasteiger partial charge in [0.2, 0.25) is 0 Å². The van der Waals surface area contributed by atoms with E-state index in [0.29, 0.717) is 5.69 Å². The molecule has 3 aromatic rings. The van der Waals surface area contributed by atoms with Crippen LogP contribution < -0.4 is 0 Å². The molecule has 0 aliphatic rings. The van der Waals surface area contributed by atoms with Crippen molar-refractivity contribution in [3.63, 3.8) is 0 Å². The maximum Gasteiger partial charge on any atom is 0.355 e. The molecule has 0 aliphatic carbocycles. The number of fused-ring (bicyclic) bond motifs is 1. The summed E-state index contributed by atoms with van der Waals surface area (Å²) in [4.78, 5) is 11.8. The smallest absolute Gasteiger partial charge is 0.355 e. The second kappa shape index (κ2) is 4.51. The van der Waals surface area contributed by atoms with Gasteiger partial charge in [0, 0.05) is 5.69 Å². The van der Waals surface area contributed by atoms with E-state index in [1.807, 2.05) is 11.4 Å². The summed E-state index contributed by atoms with van der Waals surface area (Å²) in [5.74, 6) is -0.718. The molecule has 0 saturated carbocycles. The number of nitrogens with zero attached hydrogens (tertiary/aromatic N) is 1. The predicted molar refractivity (Wildman–Crippen MR) is 72.4 cm³/mol. The molecule has 0 spiro atoms. The summed E-state index contributed by atoms with van der Waals surface area (Å²) in [6, 6.07) is 9.73. The van der Waals surface area contributed by atoms with E-state index in [4.69, 9.17) is 4.74 Å². The molecule has 3 rings (SSSR count). The maximum absolute atomic E-state index is 13.0. The van der Waals surface area contributed by atoms with Crippen molar-refractivity contribution in [2.24, 2.45) is 0 Å². The predicted octanol–water partition coefficient (Wildman–Crippen LogP) is 3.62. The van der Waals surface area contributed by atoms with Crippen LogP contribution >= 0.6 is 11.3 Å². The topological polar surface area (TPSA) is 31.2 Å². The summed E-state index contributed by atoms with van der Waals surface area (Å²) in [5.41, 5.74) is 2.09.